The van der Waals surface area contributed by atoms with Crippen molar-refractivity contribution in [1.29, 1.82) is 0 Å². The second-order valence-corrected chi connectivity index (χ2v) is 2.80. The zero-order valence-corrected chi connectivity index (χ0v) is 7.71. The van der Waals surface area contributed by atoms with E-state index in [1.54, 1.807) is 0 Å². The SMILES string of the molecule is CCCCCOC(=O)c1c[c]oc1. The number of carbonyl (C=O) groups excluding carboxylic acids is 1. The summed E-state index contributed by atoms with van der Waals surface area (Å²) in [5.41, 5.74) is 0.427. The van der Waals surface area contributed by atoms with Gasteiger partial charge in [0.05, 0.1) is 12.2 Å². The molecule has 1 aromatic rings. The predicted molar refractivity (Wildman–Crippen MR) is 47.4 cm³/mol. The molecule has 0 saturated heterocycles. The lowest BCUT2D eigenvalue weighted by molar-refractivity contribution is 0.0497. The third-order valence-electron chi connectivity index (χ3n) is 1.69. The second kappa shape index (κ2) is 5.41. The molecule has 3 heteroatoms. The molecular weight excluding hydrogens is 168 g/mol. The Hall–Kier alpha value is -1.25. The summed E-state index contributed by atoms with van der Waals surface area (Å²) in [4.78, 5) is 11.2. The zero-order chi connectivity index (χ0) is 9.52. The van der Waals surface area contributed by atoms with Crippen molar-refractivity contribution in [2.75, 3.05) is 6.61 Å². The molecule has 0 N–H and O–H groups in total. The summed E-state index contributed by atoms with van der Waals surface area (Å²) in [5.74, 6) is -0.332. The number of rotatable bonds is 5. The van der Waals surface area contributed by atoms with Crippen molar-refractivity contribution in [2.24, 2.45) is 0 Å². The van der Waals surface area contributed by atoms with E-state index in [0.717, 1.165) is 19.3 Å². The van der Waals surface area contributed by atoms with Crippen molar-refractivity contribution < 1.29 is 13.9 Å². The first-order valence-electron chi connectivity index (χ1n) is 4.46. The molecule has 1 heterocycles. The zero-order valence-electron chi connectivity index (χ0n) is 7.71. The summed E-state index contributed by atoms with van der Waals surface area (Å²) < 4.78 is 9.61. The van der Waals surface area contributed by atoms with Gasteiger partial charge in [0.15, 0.2) is 6.26 Å². The van der Waals surface area contributed by atoms with Crippen molar-refractivity contribution in [3.8, 4) is 0 Å². The van der Waals surface area contributed by atoms with Crippen LogP contribution in [0.2, 0.25) is 0 Å². The number of hydrogen-bond donors (Lipinski definition) is 0. The fraction of sp³-hybridized carbons (Fsp3) is 0.500. The van der Waals surface area contributed by atoms with Crippen molar-refractivity contribution in [1.82, 2.24) is 0 Å². The lowest BCUT2D eigenvalue weighted by atomic mass is 10.3. The van der Waals surface area contributed by atoms with E-state index in [4.69, 9.17) is 4.74 Å². The van der Waals surface area contributed by atoms with Crippen molar-refractivity contribution >= 4 is 5.97 Å². The van der Waals surface area contributed by atoms with Gasteiger partial charge in [0, 0.05) is 6.07 Å². The third-order valence-corrected chi connectivity index (χ3v) is 1.69. The number of hydrogen-bond acceptors (Lipinski definition) is 3. The smallest absolute Gasteiger partial charge is 0.341 e. The van der Waals surface area contributed by atoms with Crippen LogP contribution in [0, 0.1) is 6.26 Å². The van der Waals surface area contributed by atoms with Gasteiger partial charge in [-0.2, -0.15) is 0 Å². The van der Waals surface area contributed by atoms with Gasteiger partial charge in [-0.1, -0.05) is 19.8 Å². The van der Waals surface area contributed by atoms with Crippen LogP contribution in [0.1, 0.15) is 36.5 Å². The van der Waals surface area contributed by atoms with Crippen molar-refractivity contribution in [3.05, 3.63) is 24.2 Å². The number of ether oxygens (including phenoxy) is 1. The first-order chi connectivity index (χ1) is 6.34. The van der Waals surface area contributed by atoms with Gasteiger partial charge in [-0.25, -0.2) is 4.79 Å². The van der Waals surface area contributed by atoms with Gasteiger partial charge in [-0.05, 0) is 6.42 Å². The molecule has 0 spiro atoms. The maximum Gasteiger partial charge on any atom is 0.341 e. The molecule has 0 saturated carbocycles. The maximum atomic E-state index is 11.2. The van der Waals surface area contributed by atoms with Gasteiger partial charge >= 0.3 is 5.97 Å². The van der Waals surface area contributed by atoms with Gasteiger partial charge in [0.2, 0.25) is 0 Å². The molecule has 3 nitrogen and oxygen atoms in total. The number of carbonyl (C=O) groups is 1. The molecule has 0 bridgehead atoms. The quantitative estimate of drug-likeness (QED) is 0.517. The number of esters is 1. The summed E-state index contributed by atoms with van der Waals surface area (Å²) in [5, 5.41) is 0. The lowest BCUT2D eigenvalue weighted by Gasteiger charge is -2.01. The molecule has 1 rings (SSSR count). The van der Waals surface area contributed by atoms with E-state index >= 15 is 0 Å². The van der Waals surface area contributed by atoms with E-state index < -0.39 is 0 Å². The monoisotopic (exact) mass is 181 g/mol. The van der Waals surface area contributed by atoms with Gasteiger partial charge in [0.1, 0.15) is 6.26 Å². The van der Waals surface area contributed by atoms with E-state index in [-0.39, 0.29) is 5.97 Å². The molecule has 1 radical (unpaired) electrons. The molecule has 0 aliphatic carbocycles. The second-order valence-electron chi connectivity index (χ2n) is 2.80. The highest BCUT2D eigenvalue weighted by Crippen LogP contribution is 2.03. The average Bonchev–Trinajstić information content (AvgIpc) is 2.65. The fourth-order valence-corrected chi connectivity index (χ4v) is 0.936. The molecule has 0 aromatic carbocycles. The van der Waals surface area contributed by atoms with E-state index in [0.29, 0.717) is 12.2 Å². The fourth-order valence-electron chi connectivity index (χ4n) is 0.936. The van der Waals surface area contributed by atoms with Crippen LogP contribution in [-0.4, -0.2) is 12.6 Å². The Kier molecular flexibility index (Phi) is 4.09. The van der Waals surface area contributed by atoms with Crippen LogP contribution in [0.5, 0.6) is 0 Å². The minimum atomic E-state index is -0.332. The maximum absolute atomic E-state index is 11.2. The van der Waals surface area contributed by atoms with E-state index in [9.17, 15) is 4.79 Å². The van der Waals surface area contributed by atoms with Gasteiger partial charge in [0.25, 0.3) is 0 Å². The first-order valence-corrected chi connectivity index (χ1v) is 4.46. The minimum absolute atomic E-state index is 0.332. The Morgan fingerprint density at radius 3 is 3.08 bits per heavy atom. The Balaban J connectivity index is 2.19. The molecule has 13 heavy (non-hydrogen) atoms. The minimum Gasteiger partial charge on any atom is -0.462 e. The molecule has 0 aliphatic heterocycles. The Labute approximate surface area is 77.7 Å². The average molecular weight is 181 g/mol. The molecule has 0 amide bonds. The highest BCUT2D eigenvalue weighted by molar-refractivity contribution is 5.88. The normalized spacial score (nSPS) is 9.92. The molecule has 71 valence electrons. The van der Waals surface area contributed by atoms with Crippen LogP contribution in [-0.2, 0) is 4.74 Å². The number of furan rings is 1. The van der Waals surface area contributed by atoms with Gasteiger partial charge < -0.3 is 9.15 Å². The van der Waals surface area contributed by atoms with Crippen LogP contribution < -0.4 is 0 Å². The van der Waals surface area contributed by atoms with E-state index in [1.165, 1.54) is 12.3 Å². The Bertz CT molecular complexity index is 239. The topological polar surface area (TPSA) is 39.4 Å². The lowest BCUT2D eigenvalue weighted by Crippen LogP contribution is -2.04. The largest absolute Gasteiger partial charge is 0.462 e. The van der Waals surface area contributed by atoms with Gasteiger partial charge in [-0.15, -0.1) is 0 Å². The van der Waals surface area contributed by atoms with Gasteiger partial charge in [-0.3, -0.25) is 0 Å². The van der Waals surface area contributed by atoms with Crippen LogP contribution in [0.3, 0.4) is 0 Å². The number of unbranched alkanes of at least 4 members (excludes halogenated alkanes) is 2. The van der Waals surface area contributed by atoms with Crippen LogP contribution >= 0.6 is 0 Å². The van der Waals surface area contributed by atoms with Crippen molar-refractivity contribution in [3.63, 3.8) is 0 Å². The van der Waals surface area contributed by atoms with E-state index in [2.05, 4.69) is 17.6 Å². The first kappa shape index (κ1) is 9.84. The van der Waals surface area contributed by atoms with Crippen LogP contribution in [0.4, 0.5) is 0 Å². The van der Waals surface area contributed by atoms with E-state index in [1.807, 2.05) is 0 Å². The summed E-state index contributed by atoms with van der Waals surface area (Å²) in [6.45, 7) is 2.59. The molecule has 1 aromatic heterocycles. The van der Waals surface area contributed by atoms with Crippen LogP contribution in [0.25, 0.3) is 0 Å². The summed E-state index contributed by atoms with van der Waals surface area (Å²) in [7, 11) is 0. The molecule has 0 fully saturated rings. The third kappa shape index (κ3) is 3.32. The summed E-state index contributed by atoms with van der Waals surface area (Å²) in [6, 6.07) is 1.47. The summed E-state index contributed by atoms with van der Waals surface area (Å²) >= 11 is 0. The Morgan fingerprint density at radius 1 is 1.62 bits per heavy atom. The molecule has 0 unspecified atom stereocenters. The highest BCUT2D eigenvalue weighted by Gasteiger charge is 2.07. The standard InChI is InChI=1S/C10H13O3/c1-2-3-4-6-13-10(11)9-5-7-12-8-9/h5,8H,2-4,6H2,1H3. The van der Waals surface area contributed by atoms with Crippen molar-refractivity contribution in [2.45, 2.75) is 26.2 Å². The summed E-state index contributed by atoms with van der Waals surface area (Å²) in [6.07, 6.45) is 6.90. The molecular formula is C10H13O3. The predicted octanol–water partition coefficient (Wildman–Crippen LogP) is 2.43. The highest BCUT2D eigenvalue weighted by atomic mass is 16.5. The molecule has 0 aliphatic rings. The molecule has 0 atom stereocenters. The van der Waals surface area contributed by atoms with Crippen LogP contribution in [0.15, 0.2) is 16.7 Å². The Morgan fingerprint density at radius 2 is 2.46 bits per heavy atom.